The van der Waals surface area contributed by atoms with Crippen LogP contribution >= 0.6 is 23.4 Å². The number of nitrogens with one attached hydrogen (secondary N) is 1. The number of hydrogen-bond donors (Lipinski definition) is 1. The average Bonchev–Trinajstić information content (AvgIpc) is 2.62. The normalized spacial score (nSPS) is 10.0. The summed E-state index contributed by atoms with van der Waals surface area (Å²) in [6.45, 7) is -0.419. The Morgan fingerprint density at radius 2 is 1.96 bits per heavy atom. The van der Waals surface area contributed by atoms with E-state index in [9.17, 15) is 14.0 Å². The number of nitrogens with zero attached hydrogens (tertiary/aromatic N) is 1. The van der Waals surface area contributed by atoms with Gasteiger partial charge >= 0.3 is 5.97 Å². The lowest BCUT2D eigenvalue weighted by molar-refractivity contribution is -0.146. The Balaban J connectivity index is 1.69. The molecule has 0 aliphatic carbocycles. The molecule has 8 heteroatoms. The number of ether oxygens (including phenoxy) is 1. The van der Waals surface area contributed by atoms with E-state index >= 15 is 0 Å². The molecular formula is C18H14ClFN2O3S. The molecule has 0 aliphatic heterocycles. The lowest BCUT2D eigenvalue weighted by atomic mass is 10.2. The van der Waals surface area contributed by atoms with Crippen molar-refractivity contribution in [3.8, 4) is 6.07 Å². The number of rotatable bonds is 7. The van der Waals surface area contributed by atoms with Crippen LogP contribution < -0.4 is 5.32 Å². The first-order valence-corrected chi connectivity index (χ1v) is 8.88. The second kappa shape index (κ2) is 9.80. The van der Waals surface area contributed by atoms with Crippen molar-refractivity contribution in [1.82, 2.24) is 0 Å². The number of anilines is 1. The Labute approximate surface area is 159 Å². The zero-order valence-corrected chi connectivity index (χ0v) is 15.1. The van der Waals surface area contributed by atoms with Crippen LogP contribution in [0.25, 0.3) is 0 Å². The standard InChI is InChI=1S/C18H14ClFN2O3S/c19-16-9-14(4-1-12(16)10-21)22-17(23)11-25-18(24)7-8-26-15-5-2-13(20)3-6-15/h1-6,9H,7-8,11H2,(H,22,23). The Kier molecular flexibility index (Phi) is 7.45. The van der Waals surface area contributed by atoms with Gasteiger partial charge in [-0.25, -0.2) is 4.39 Å². The number of amides is 1. The second-order valence-electron chi connectivity index (χ2n) is 5.07. The van der Waals surface area contributed by atoms with Crippen molar-refractivity contribution in [2.24, 2.45) is 0 Å². The van der Waals surface area contributed by atoms with Gasteiger partial charge in [-0.15, -0.1) is 11.8 Å². The zero-order chi connectivity index (χ0) is 18.9. The molecule has 0 spiro atoms. The Morgan fingerprint density at radius 3 is 2.62 bits per heavy atom. The number of nitriles is 1. The Morgan fingerprint density at radius 1 is 1.23 bits per heavy atom. The van der Waals surface area contributed by atoms with E-state index in [0.717, 1.165) is 4.90 Å². The molecule has 0 aliphatic rings. The fourth-order valence-corrected chi connectivity index (χ4v) is 2.94. The minimum absolute atomic E-state index is 0.123. The smallest absolute Gasteiger partial charge is 0.307 e. The van der Waals surface area contributed by atoms with Gasteiger partial charge in [-0.05, 0) is 42.5 Å². The molecular weight excluding hydrogens is 379 g/mol. The van der Waals surface area contributed by atoms with Gasteiger partial charge in [-0.3, -0.25) is 9.59 Å². The topological polar surface area (TPSA) is 79.2 Å². The van der Waals surface area contributed by atoms with E-state index in [1.54, 1.807) is 12.1 Å². The highest BCUT2D eigenvalue weighted by Gasteiger charge is 2.09. The summed E-state index contributed by atoms with van der Waals surface area (Å²) in [6.07, 6.45) is 0.123. The van der Waals surface area contributed by atoms with Crippen LogP contribution in [0.1, 0.15) is 12.0 Å². The molecule has 0 heterocycles. The van der Waals surface area contributed by atoms with Crippen molar-refractivity contribution >= 4 is 40.9 Å². The van der Waals surface area contributed by atoms with Crippen molar-refractivity contribution in [3.05, 3.63) is 58.9 Å². The van der Waals surface area contributed by atoms with Crippen LogP contribution in [-0.2, 0) is 14.3 Å². The van der Waals surface area contributed by atoms with Gasteiger partial charge < -0.3 is 10.1 Å². The molecule has 0 saturated carbocycles. The van der Waals surface area contributed by atoms with Crippen molar-refractivity contribution in [3.63, 3.8) is 0 Å². The quantitative estimate of drug-likeness (QED) is 0.568. The molecule has 2 aromatic carbocycles. The number of thioether (sulfide) groups is 1. The van der Waals surface area contributed by atoms with E-state index in [2.05, 4.69) is 5.32 Å². The predicted molar refractivity (Wildman–Crippen MR) is 97.5 cm³/mol. The summed E-state index contributed by atoms with van der Waals surface area (Å²) in [6, 6.07) is 12.3. The van der Waals surface area contributed by atoms with Gasteiger partial charge in [-0.2, -0.15) is 5.26 Å². The summed E-state index contributed by atoms with van der Waals surface area (Å²) in [5, 5.41) is 11.5. The number of hydrogen-bond acceptors (Lipinski definition) is 5. The molecule has 0 saturated heterocycles. The fourth-order valence-electron chi connectivity index (χ4n) is 1.88. The van der Waals surface area contributed by atoms with Crippen LogP contribution in [0.4, 0.5) is 10.1 Å². The van der Waals surface area contributed by atoms with Crippen LogP contribution in [0.2, 0.25) is 5.02 Å². The number of esters is 1. The number of carbonyl (C=O) groups excluding carboxylic acids is 2. The van der Waals surface area contributed by atoms with Crippen molar-refractivity contribution in [2.45, 2.75) is 11.3 Å². The molecule has 2 aromatic rings. The lowest BCUT2D eigenvalue weighted by Gasteiger charge is -2.07. The number of carbonyl (C=O) groups is 2. The maximum absolute atomic E-state index is 12.8. The van der Waals surface area contributed by atoms with Crippen LogP contribution in [0.3, 0.4) is 0 Å². The first-order chi connectivity index (χ1) is 12.5. The van der Waals surface area contributed by atoms with E-state index < -0.39 is 18.5 Å². The number of benzene rings is 2. The summed E-state index contributed by atoms with van der Waals surface area (Å²) >= 11 is 7.26. The molecule has 0 fully saturated rings. The van der Waals surface area contributed by atoms with Crippen LogP contribution in [0, 0.1) is 17.1 Å². The van der Waals surface area contributed by atoms with Gasteiger partial charge in [0.25, 0.3) is 5.91 Å². The molecule has 1 N–H and O–H groups in total. The van der Waals surface area contributed by atoms with E-state index in [1.807, 2.05) is 6.07 Å². The molecule has 0 bridgehead atoms. The maximum atomic E-state index is 12.8. The third kappa shape index (κ3) is 6.39. The van der Waals surface area contributed by atoms with E-state index in [4.69, 9.17) is 21.6 Å². The fraction of sp³-hybridized carbons (Fsp3) is 0.167. The second-order valence-corrected chi connectivity index (χ2v) is 6.64. The number of halogens is 2. The van der Waals surface area contributed by atoms with E-state index in [0.29, 0.717) is 17.0 Å². The summed E-state index contributed by atoms with van der Waals surface area (Å²) in [5.74, 6) is -0.876. The first kappa shape index (κ1) is 19.8. The third-order valence-electron chi connectivity index (χ3n) is 3.13. The van der Waals surface area contributed by atoms with Gasteiger partial charge in [0.15, 0.2) is 6.61 Å². The van der Waals surface area contributed by atoms with Crippen molar-refractivity contribution in [2.75, 3.05) is 17.7 Å². The summed E-state index contributed by atoms with van der Waals surface area (Å²) < 4.78 is 17.7. The largest absolute Gasteiger partial charge is 0.456 e. The van der Waals surface area contributed by atoms with E-state index in [1.165, 1.54) is 42.1 Å². The lowest BCUT2D eigenvalue weighted by Crippen LogP contribution is -2.21. The monoisotopic (exact) mass is 392 g/mol. The Bertz CT molecular complexity index is 837. The van der Waals surface area contributed by atoms with Gasteiger partial charge in [0.05, 0.1) is 17.0 Å². The first-order valence-electron chi connectivity index (χ1n) is 7.51. The summed E-state index contributed by atoms with van der Waals surface area (Å²) in [4.78, 5) is 24.3. The van der Waals surface area contributed by atoms with Crippen molar-refractivity contribution < 1.29 is 18.7 Å². The van der Waals surface area contributed by atoms with Gasteiger partial charge in [0, 0.05) is 16.3 Å². The summed E-state index contributed by atoms with van der Waals surface area (Å²) in [5.41, 5.74) is 0.705. The van der Waals surface area contributed by atoms with E-state index in [-0.39, 0.29) is 17.3 Å². The third-order valence-corrected chi connectivity index (χ3v) is 4.45. The zero-order valence-electron chi connectivity index (χ0n) is 13.5. The van der Waals surface area contributed by atoms with Gasteiger partial charge in [0.1, 0.15) is 11.9 Å². The minimum atomic E-state index is -0.509. The van der Waals surface area contributed by atoms with Crippen molar-refractivity contribution in [1.29, 1.82) is 5.26 Å². The van der Waals surface area contributed by atoms with Crippen LogP contribution in [0.5, 0.6) is 0 Å². The van der Waals surface area contributed by atoms with Crippen LogP contribution in [0.15, 0.2) is 47.4 Å². The summed E-state index contributed by atoms with van der Waals surface area (Å²) in [7, 11) is 0. The average molecular weight is 393 g/mol. The minimum Gasteiger partial charge on any atom is -0.456 e. The molecule has 2 rings (SSSR count). The van der Waals surface area contributed by atoms with Crippen LogP contribution in [-0.4, -0.2) is 24.2 Å². The Hall–Kier alpha value is -2.56. The molecule has 0 radical (unpaired) electrons. The molecule has 1 amide bonds. The molecule has 0 atom stereocenters. The highest BCUT2D eigenvalue weighted by Crippen LogP contribution is 2.20. The van der Waals surface area contributed by atoms with Gasteiger partial charge in [-0.1, -0.05) is 11.6 Å². The molecule has 26 heavy (non-hydrogen) atoms. The molecule has 0 unspecified atom stereocenters. The highest BCUT2D eigenvalue weighted by atomic mass is 35.5. The van der Waals surface area contributed by atoms with Gasteiger partial charge in [0.2, 0.25) is 0 Å². The molecule has 134 valence electrons. The molecule has 0 aromatic heterocycles. The highest BCUT2D eigenvalue weighted by molar-refractivity contribution is 7.99. The maximum Gasteiger partial charge on any atom is 0.307 e. The predicted octanol–water partition coefficient (Wildman–Crippen LogP) is 4.01. The SMILES string of the molecule is N#Cc1ccc(NC(=O)COC(=O)CCSc2ccc(F)cc2)cc1Cl. The molecule has 5 nitrogen and oxygen atoms in total.